The minimum absolute atomic E-state index is 0.00585. The van der Waals surface area contributed by atoms with Crippen molar-refractivity contribution in [2.75, 3.05) is 36.4 Å². The highest BCUT2D eigenvalue weighted by Crippen LogP contribution is 2.38. The van der Waals surface area contributed by atoms with Gasteiger partial charge in [-0.2, -0.15) is 15.2 Å². The van der Waals surface area contributed by atoms with Crippen molar-refractivity contribution in [1.29, 1.82) is 0 Å². The lowest BCUT2D eigenvalue weighted by Gasteiger charge is -2.53. The van der Waals surface area contributed by atoms with Crippen LogP contribution < -0.4 is 10.2 Å². The molecule has 2 aliphatic rings. The second-order valence-electron chi connectivity index (χ2n) is 11.1. The Labute approximate surface area is 248 Å². The average Bonchev–Trinajstić information content (AvgIpc) is 3.62. The Morgan fingerprint density at radius 2 is 1.88 bits per heavy atom. The zero-order valence-corrected chi connectivity index (χ0v) is 24.6. The lowest BCUT2D eigenvalue weighted by Crippen LogP contribution is -2.70. The van der Waals surface area contributed by atoms with E-state index in [9.17, 15) is 14.0 Å². The molecule has 0 saturated carbocycles. The first-order chi connectivity index (χ1) is 20.7. The van der Waals surface area contributed by atoms with Gasteiger partial charge < -0.3 is 20.0 Å². The summed E-state index contributed by atoms with van der Waals surface area (Å²) in [5, 5.41) is 14.3. The molecule has 2 aliphatic heterocycles. The van der Waals surface area contributed by atoms with Crippen LogP contribution in [0.3, 0.4) is 0 Å². The standard InChI is InChI=1S/C29H34FN11O2/c1-5-40-26(42)17-39(20(4)21-6-7-25(31-14-21)41-16-22(30)15-32-41)27(43)29(40)8-10-38(11-9-29)28-33-18(2)12-23(35-28)34-24-13-19(3)36-37-24/h6-7,12-16,20H,5,8-11,17H2,1-4H3,(H2,33,34,35,36,37)/t20-/m0/s1. The number of nitrogens with zero attached hydrogens (tertiary/aromatic N) is 9. The van der Waals surface area contributed by atoms with E-state index in [0.717, 1.165) is 23.1 Å². The monoisotopic (exact) mass is 587 g/mol. The van der Waals surface area contributed by atoms with Crippen LogP contribution >= 0.6 is 0 Å². The number of carbonyl (C=O) groups is 2. The summed E-state index contributed by atoms with van der Waals surface area (Å²) in [5.74, 6) is 1.72. The highest BCUT2D eigenvalue weighted by molar-refractivity contribution is 5.98. The van der Waals surface area contributed by atoms with Gasteiger partial charge >= 0.3 is 0 Å². The van der Waals surface area contributed by atoms with Gasteiger partial charge in [0.2, 0.25) is 17.8 Å². The Balaban J connectivity index is 1.20. The second kappa shape index (κ2) is 11.1. The maximum atomic E-state index is 14.3. The van der Waals surface area contributed by atoms with E-state index in [1.807, 2.05) is 45.9 Å². The molecule has 224 valence electrons. The topological polar surface area (TPSA) is 141 Å². The molecule has 1 spiro atoms. The van der Waals surface area contributed by atoms with Gasteiger partial charge in [-0.25, -0.2) is 19.0 Å². The number of likely N-dealkylation sites (N-methyl/N-ethyl adjacent to an activating group) is 1. The van der Waals surface area contributed by atoms with E-state index in [0.29, 0.717) is 55.9 Å². The Morgan fingerprint density at radius 3 is 2.51 bits per heavy atom. The first kappa shape index (κ1) is 28.2. The SMILES string of the molecule is CCN1C(=O)CN([C@@H](C)c2ccc(-n3cc(F)cn3)nc2)C(=O)C12CCN(c1nc(C)cc(Nc3cc(C)[nH]n3)n1)CC2. The van der Waals surface area contributed by atoms with Crippen molar-refractivity contribution in [2.45, 2.75) is 52.1 Å². The van der Waals surface area contributed by atoms with E-state index in [4.69, 9.17) is 4.98 Å². The largest absolute Gasteiger partial charge is 0.341 e. The number of aryl methyl sites for hydroxylation is 2. The lowest BCUT2D eigenvalue weighted by molar-refractivity contribution is -0.168. The van der Waals surface area contributed by atoms with Crippen molar-refractivity contribution in [3.63, 3.8) is 0 Å². The molecule has 13 nitrogen and oxygen atoms in total. The van der Waals surface area contributed by atoms with Crippen LogP contribution in [0.2, 0.25) is 0 Å². The fourth-order valence-corrected chi connectivity index (χ4v) is 6.03. The first-order valence-corrected chi connectivity index (χ1v) is 14.3. The number of amides is 2. The van der Waals surface area contributed by atoms with E-state index in [-0.39, 0.29) is 24.4 Å². The lowest BCUT2D eigenvalue weighted by atomic mass is 9.81. The predicted octanol–water partition coefficient (Wildman–Crippen LogP) is 3.07. The van der Waals surface area contributed by atoms with Crippen LogP contribution in [0.25, 0.3) is 5.82 Å². The van der Waals surface area contributed by atoms with Crippen molar-refractivity contribution in [1.82, 2.24) is 44.7 Å². The molecular formula is C29H34FN11O2. The third kappa shape index (κ3) is 5.28. The number of hydrogen-bond acceptors (Lipinski definition) is 9. The molecule has 2 saturated heterocycles. The number of piperidine rings is 1. The van der Waals surface area contributed by atoms with Crippen LogP contribution in [0.15, 0.2) is 42.9 Å². The molecule has 6 heterocycles. The van der Waals surface area contributed by atoms with Crippen LogP contribution in [0, 0.1) is 19.7 Å². The minimum atomic E-state index is -0.952. The van der Waals surface area contributed by atoms with Crippen molar-refractivity contribution >= 4 is 29.4 Å². The fourth-order valence-electron chi connectivity index (χ4n) is 6.03. The molecule has 2 amide bonds. The van der Waals surface area contributed by atoms with Crippen molar-refractivity contribution in [2.24, 2.45) is 0 Å². The molecule has 4 aromatic rings. The number of H-pyrrole nitrogens is 1. The number of aromatic nitrogens is 7. The summed E-state index contributed by atoms with van der Waals surface area (Å²) in [6.45, 7) is 9.12. The molecule has 2 fully saturated rings. The van der Waals surface area contributed by atoms with Gasteiger partial charge in [-0.05, 0) is 52.2 Å². The highest BCUT2D eigenvalue weighted by Gasteiger charge is 2.54. The Bertz CT molecular complexity index is 1640. The molecule has 0 aliphatic carbocycles. The van der Waals surface area contributed by atoms with E-state index in [1.54, 1.807) is 22.1 Å². The van der Waals surface area contributed by atoms with Crippen LogP contribution in [-0.4, -0.2) is 88.3 Å². The molecular weight excluding hydrogens is 553 g/mol. The maximum Gasteiger partial charge on any atom is 0.249 e. The number of pyridine rings is 1. The van der Waals surface area contributed by atoms with E-state index in [1.165, 1.54) is 10.9 Å². The number of carbonyl (C=O) groups excluding carboxylic acids is 2. The molecule has 43 heavy (non-hydrogen) atoms. The van der Waals surface area contributed by atoms with Crippen molar-refractivity contribution < 1.29 is 14.0 Å². The number of halogens is 1. The summed E-state index contributed by atoms with van der Waals surface area (Å²) in [5.41, 5.74) is 1.56. The normalized spacial score (nSPS) is 17.6. The summed E-state index contributed by atoms with van der Waals surface area (Å²) in [6.07, 6.45) is 4.91. The molecule has 14 heteroatoms. The van der Waals surface area contributed by atoms with Gasteiger partial charge in [0.1, 0.15) is 17.9 Å². The molecule has 0 bridgehead atoms. The van der Waals surface area contributed by atoms with Gasteiger partial charge in [0.25, 0.3) is 0 Å². The maximum absolute atomic E-state index is 14.3. The highest BCUT2D eigenvalue weighted by atomic mass is 19.1. The van der Waals surface area contributed by atoms with Gasteiger partial charge in [-0.3, -0.25) is 14.7 Å². The molecule has 6 rings (SSSR count). The Morgan fingerprint density at radius 1 is 1.09 bits per heavy atom. The average molecular weight is 588 g/mol. The molecule has 2 N–H and O–H groups in total. The summed E-state index contributed by atoms with van der Waals surface area (Å²) in [4.78, 5) is 47.0. The molecule has 4 aromatic heterocycles. The summed E-state index contributed by atoms with van der Waals surface area (Å²) in [6, 6.07) is 6.91. The fraction of sp³-hybridized carbons (Fsp3) is 0.414. The van der Waals surface area contributed by atoms with E-state index >= 15 is 0 Å². The van der Waals surface area contributed by atoms with Gasteiger partial charge in [-0.15, -0.1) is 0 Å². The molecule has 0 radical (unpaired) electrons. The zero-order valence-electron chi connectivity index (χ0n) is 24.6. The molecule has 0 aromatic carbocycles. The third-order valence-corrected chi connectivity index (χ3v) is 8.28. The zero-order chi connectivity index (χ0) is 30.3. The van der Waals surface area contributed by atoms with Crippen LogP contribution in [0.1, 0.15) is 49.7 Å². The second-order valence-corrected chi connectivity index (χ2v) is 11.1. The van der Waals surface area contributed by atoms with Crippen LogP contribution in [0.5, 0.6) is 0 Å². The van der Waals surface area contributed by atoms with E-state index < -0.39 is 11.4 Å². The summed E-state index contributed by atoms with van der Waals surface area (Å²) in [7, 11) is 0. The first-order valence-electron chi connectivity index (χ1n) is 14.3. The molecule has 1 atom stereocenters. The number of nitrogens with one attached hydrogen (secondary N) is 2. The molecule has 0 unspecified atom stereocenters. The Kier molecular flexibility index (Phi) is 7.28. The van der Waals surface area contributed by atoms with E-state index in [2.05, 4.69) is 35.5 Å². The number of rotatable bonds is 7. The van der Waals surface area contributed by atoms with Gasteiger partial charge in [-0.1, -0.05) is 6.07 Å². The van der Waals surface area contributed by atoms with Gasteiger partial charge in [0.15, 0.2) is 17.5 Å². The number of piperazine rings is 1. The van der Waals surface area contributed by atoms with Gasteiger partial charge in [0, 0.05) is 49.4 Å². The van der Waals surface area contributed by atoms with Crippen molar-refractivity contribution in [3.05, 3.63) is 65.6 Å². The smallest absolute Gasteiger partial charge is 0.249 e. The number of anilines is 3. The third-order valence-electron chi connectivity index (χ3n) is 8.28. The van der Waals surface area contributed by atoms with Gasteiger partial charge in [0.05, 0.1) is 18.4 Å². The minimum Gasteiger partial charge on any atom is -0.341 e. The van der Waals surface area contributed by atoms with Crippen molar-refractivity contribution in [3.8, 4) is 5.82 Å². The number of aromatic amines is 1. The quantitative estimate of drug-likeness (QED) is 0.334. The predicted molar refractivity (Wildman–Crippen MR) is 156 cm³/mol. The number of hydrogen-bond donors (Lipinski definition) is 2. The summed E-state index contributed by atoms with van der Waals surface area (Å²) < 4.78 is 14.8. The van der Waals surface area contributed by atoms with Crippen LogP contribution in [-0.2, 0) is 9.59 Å². The van der Waals surface area contributed by atoms with Crippen LogP contribution in [0.4, 0.5) is 22.0 Å². The summed E-state index contributed by atoms with van der Waals surface area (Å²) >= 11 is 0. The Hall–Kier alpha value is -4.88.